The number of likely N-dealkylation sites (tertiary alicyclic amines) is 1. The smallest absolute Gasteiger partial charge is 0.225 e. The highest BCUT2D eigenvalue weighted by Gasteiger charge is 2.31. The van der Waals surface area contributed by atoms with E-state index >= 15 is 0 Å². The Bertz CT molecular complexity index is 777. The molecule has 0 radical (unpaired) electrons. The normalized spacial score (nSPS) is 17.9. The number of tetrazole rings is 1. The molecule has 3 heterocycles. The molecule has 0 spiro atoms. The predicted molar refractivity (Wildman–Crippen MR) is 82.2 cm³/mol. The topological polar surface area (TPSA) is 92.6 Å². The van der Waals surface area contributed by atoms with Crippen LogP contribution in [0.15, 0.2) is 30.6 Å². The number of imidazole rings is 1. The first-order chi connectivity index (χ1) is 11.3. The number of para-hydroxylation sites is 2. The Kier molecular flexibility index (Phi) is 3.49. The van der Waals surface area contributed by atoms with Crippen molar-refractivity contribution in [1.29, 1.82) is 0 Å². The summed E-state index contributed by atoms with van der Waals surface area (Å²) in [4.78, 5) is 22.5. The van der Waals surface area contributed by atoms with E-state index in [0.29, 0.717) is 13.0 Å². The molecular weight excluding hydrogens is 294 g/mol. The number of amides is 1. The van der Waals surface area contributed by atoms with Gasteiger partial charge < -0.3 is 9.88 Å². The quantitative estimate of drug-likeness (QED) is 0.784. The number of aromatic nitrogens is 6. The van der Waals surface area contributed by atoms with Crippen LogP contribution in [0, 0.1) is 0 Å². The van der Waals surface area contributed by atoms with Crippen molar-refractivity contribution < 1.29 is 4.79 Å². The van der Waals surface area contributed by atoms with Crippen molar-refractivity contribution in [2.24, 2.45) is 0 Å². The second kappa shape index (κ2) is 5.79. The molecule has 0 saturated carbocycles. The zero-order chi connectivity index (χ0) is 15.6. The minimum absolute atomic E-state index is 0.0313. The first-order valence-electron chi connectivity index (χ1n) is 7.76. The molecule has 4 rings (SSSR count). The lowest BCUT2D eigenvalue weighted by atomic mass is 10.2. The standard InChI is InChI=1S/C15H17N7O/c23-14(7-9-21-10-16-19-20-21)22-8-3-6-13(22)15-17-11-4-1-2-5-12(11)18-15/h1-2,4-5,10,13H,3,6-9H2,(H,17,18)/t13-/m1/s1. The molecule has 23 heavy (non-hydrogen) atoms. The highest BCUT2D eigenvalue weighted by molar-refractivity contribution is 5.78. The molecule has 8 heteroatoms. The minimum atomic E-state index is 0.0313. The van der Waals surface area contributed by atoms with Crippen LogP contribution in [0.2, 0.25) is 0 Å². The molecule has 8 nitrogen and oxygen atoms in total. The summed E-state index contributed by atoms with van der Waals surface area (Å²) >= 11 is 0. The van der Waals surface area contributed by atoms with E-state index in [0.717, 1.165) is 36.2 Å². The molecular formula is C15H17N7O. The molecule has 1 atom stereocenters. The molecule has 118 valence electrons. The monoisotopic (exact) mass is 311 g/mol. The van der Waals surface area contributed by atoms with Crippen LogP contribution >= 0.6 is 0 Å². The van der Waals surface area contributed by atoms with Gasteiger partial charge in [0.2, 0.25) is 5.91 Å². The van der Waals surface area contributed by atoms with Crippen LogP contribution in [-0.4, -0.2) is 47.5 Å². The van der Waals surface area contributed by atoms with Crippen molar-refractivity contribution >= 4 is 16.9 Å². The lowest BCUT2D eigenvalue weighted by Crippen LogP contribution is -2.31. The van der Waals surface area contributed by atoms with Crippen LogP contribution in [0.3, 0.4) is 0 Å². The molecule has 1 fully saturated rings. The number of rotatable bonds is 4. The minimum Gasteiger partial charge on any atom is -0.340 e. The Balaban J connectivity index is 1.50. The van der Waals surface area contributed by atoms with Crippen molar-refractivity contribution in [3.8, 4) is 0 Å². The summed E-state index contributed by atoms with van der Waals surface area (Å²) in [6, 6.07) is 7.97. The van der Waals surface area contributed by atoms with Crippen molar-refractivity contribution in [2.45, 2.75) is 31.8 Å². The van der Waals surface area contributed by atoms with Gasteiger partial charge in [-0.05, 0) is 35.4 Å². The number of benzene rings is 1. The molecule has 1 saturated heterocycles. The van der Waals surface area contributed by atoms with Crippen molar-refractivity contribution in [3.05, 3.63) is 36.4 Å². The van der Waals surface area contributed by atoms with Gasteiger partial charge in [-0.25, -0.2) is 9.67 Å². The SMILES string of the molecule is O=C(CCn1cnnn1)N1CCC[C@@H]1c1nc2ccccc2[nH]1. The van der Waals surface area contributed by atoms with Crippen molar-refractivity contribution in [2.75, 3.05) is 6.54 Å². The number of hydrogen-bond acceptors (Lipinski definition) is 5. The van der Waals surface area contributed by atoms with E-state index in [4.69, 9.17) is 0 Å². The lowest BCUT2D eigenvalue weighted by molar-refractivity contribution is -0.132. The van der Waals surface area contributed by atoms with Crippen LogP contribution in [0.5, 0.6) is 0 Å². The van der Waals surface area contributed by atoms with Gasteiger partial charge >= 0.3 is 0 Å². The van der Waals surface area contributed by atoms with Crippen molar-refractivity contribution in [3.63, 3.8) is 0 Å². The molecule has 0 bridgehead atoms. The van der Waals surface area contributed by atoms with Gasteiger partial charge in [0.25, 0.3) is 0 Å². The molecule has 1 N–H and O–H groups in total. The Labute approximate surface area is 132 Å². The molecule has 3 aromatic rings. The molecule has 1 aliphatic rings. The first kappa shape index (κ1) is 13.9. The number of hydrogen-bond donors (Lipinski definition) is 1. The highest BCUT2D eigenvalue weighted by Crippen LogP contribution is 2.31. The van der Waals surface area contributed by atoms with E-state index in [1.807, 2.05) is 29.2 Å². The van der Waals surface area contributed by atoms with Gasteiger partial charge in [-0.2, -0.15) is 0 Å². The Morgan fingerprint density at radius 3 is 3.09 bits per heavy atom. The molecule has 1 amide bonds. The first-order valence-corrected chi connectivity index (χ1v) is 7.76. The number of H-pyrrole nitrogens is 1. The molecule has 1 aliphatic heterocycles. The van der Waals surface area contributed by atoms with E-state index in [-0.39, 0.29) is 11.9 Å². The maximum absolute atomic E-state index is 12.5. The molecule has 0 aliphatic carbocycles. The average Bonchev–Trinajstić information content (AvgIpc) is 3.31. The third-order valence-corrected chi connectivity index (χ3v) is 4.24. The molecule has 2 aromatic heterocycles. The summed E-state index contributed by atoms with van der Waals surface area (Å²) in [5, 5.41) is 10.9. The fraction of sp³-hybridized carbons (Fsp3) is 0.400. The lowest BCUT2D eigenvalue weighted by Gasteiger charge is -2.23. The van der Waals surface area contributed by atoms with Crippen LogP contribution < -0.4 is 0 Å². The zero-order valence-corrected chi connectivity index (χ0v) is 12.6. The fourth-order valence-electron chi connectivity index (χ4n) is 3.12. The van der Waals surface area contributed by atoms with Gasteiger partial charge in [0.15, 0.2) is 0 Å². The van der Waals surface area contributed by atoms with Crippen LogP contribution in [0.4, 0.5) is 0 Å². The van der Waals surface area contributed by atoms with Gasteiger partial charge in [0, 0.05) is 13.0 Å². The second-order valence-corrected chi connectivity index (χ2v) is 5.71. The maximum Gasteiger partial charge on any atom is 0.225 e. The number of nitrogens with one attached hydrogen (secondary N) is 1. The van der Waals surface area contributed by atoms with Crippen LogP contribution in [0.1, 0.15) is 31.1 Å². The summed E-state index contributed by atoms with van der Waals surface area (Å²) in [6.07, 6.45) is 3.85. The number of fused-ring (bicyclic) bond motifs is 1. The third kappa shape index (κ3) is 2.67. The van der Waals surface area contributed by atoms with Gasteiger partial charge in [-0.3, -0.25) is 4.79 Å². The fourth-order valence-corrected chi connectivity index (χ4v) is 3.12. The summed E-state index contributed by atoms with van der Waals surface area (Å²) < 4.78 is 1.57. The maximum atomic E-state index is 12.5. The van der Waals surface area contributed by atoms with E-state index in [1.165, 1.54) is 6.33 Å². The van der Waals surface area contributed by atoms with Crippen LogP contribution in [-0.2, 0) is 11.3 Å². The molecule has 0 unspecified atom stereocenters. The average molecular weight is 311 g/mol. The summed E-state index contributed by atoms with van der Waals surface area (Å²) in [5.74, 6) is 0.989. The Morgan fingerprint density at radius 1 is 1.35 bits per heavy atom. The van der Waals surface area contributed by atoms with Gasteiger partial charge in [-0.1, -0.05) is 12.1 Å². The number of carbonyl (C=O) groups is 1. The summed E-state index contributed by atoms with van der Waals surface area (Å²) in [6.45, 7) is 1.27. The second-order valence-electron chi connectivity index (χ2n) is 5.71. The number of aryl methyl sites for hydroxylation is 1. The predicted octanol–water partition coefficient (Wildman–Crippen LogP) is 1.30. The Morgan fingerprint density at radius 2 is 2.26 bits per heavy atom. The van der Waals surface area contributed by atoms with E-state index in [1.54, 1.807) is 4.68 Å². The number of nitrogens with zero attached hydrogens (tertiary/aromatic N) is 6. The molecule has 1 aromatic carbocycles. The highest BCUT2D eigenvalue weighted by atomic mass is 16.2. The zero-order valence-electron chi connectivity index (χ0n) is 12.6. The van der Waals surface area contributed by atoms with Gasteiger partial charge in [-0.15, -0.1) is 5.10 Å². The van der Waals surface area contributed by atoms with E-state index in [2.05, 4.69) is 25.5 Å². The Hall–Kier alpha value is -2.77. The summed E-state index contributed by atoms with van der Waals surface area (Å²) in [5.41, 5.74) is 1.95. The van der Waals surface area contributed by atoms with E-state index in [9.17, 15) is 4.79 Å². The van der Waals surface area contributed by atoms with Gasteiger partial charge in [0.1, 0.15) is 12.2 Å². The van der Waals surface area contributed by atoms with Crippen LogP contribution in [0.25, 0.3) is 11.0 Å². The van der Waals surface area contributed by atoms with Crippen molar-refractivity contribution in [1.82, 2.24) is 35.1 Å². The summed E-state index contributed by atoms with van der Waals surface area (Å²) in [7, 11) is 0. The van der Waals surface area contributed by atoms with E-state index < -0.39 is 0 Å². The third-order valence-electron chi connectivity index (χ3n) is 4.24. The largest absolute Gasteiger partial charge is 0.340 e. The van der Waals surface area contributed by atoms with Gasteiger partial charge in [0.05, 0.1) is 23.6 Å². The number of aromatic amines is 1. The number of carbonyl (C=O) groups excluding carboxylic acids is 1.